The third-order valence-electron chi connectivity index (χ3n) is 2.09. The summed E-state index contributed by atoms with van der Waals surface area (Å²) in [5, 5.41) is 2.86. The van der Waals surface area contributed by atoms with Gasteiger partial charge in [0.25, 0.3) is 0 Å². The van der Waals surface area contributed by atoms with Crippen molar-refractivity contribution < 1.29 is 9.59 Å². The van der Waals surface area contributed by atoms with Crippen molar-refractivity contribution in [2.45, 2.75) is 18.7 Å². The molecule has 3 nitrogen and oxygen atoms in total. The maximum absolute atomic E-state index is 11.5. The summed E-state index contributed by atoms with van der Waals surface area (Å²) in [7, 11) is 0. The Morgan fingerprint density at radius 1 is 1.35 bits per heavy atom. The van der Waals surface area contributed by atoms with Crippen molar-refractivity contribution in [1.29, 1.82) is 0 Å². The minimum Gasteiger partial charge on any atom is -0.355 e. The SMILES string of the molecule is CC(C)CNC(=O)CSc1ccc(C=O)cc1. The molecule has 0 radical (unpaired) electrons. The summed E-state index contributed by atoms with van der Waals surface area (Å²) in [4.78, 5) is 22.9. The van der Waals surface area contributed by atoms with Gasteiger partial charge in [-0.05, 0) is 18.1 Å². The quantitative estimate of drug-likeness (QED) is 0.623. The van der Waals surface area contributed by atoms with Crippen molar-refractivity contribution in [3.05, 3.63) is 29.8 Å². The van der Waals surface area contributed by atoms with Gasteiger partial charge < -0.3 is 5.32 Å². The molecule has 0 aromatic heterocycles. The maximum atomic E-state index is 11.5. The molecule has 0 saturated heterocycles. The van der Waals surface area contributed by atoms with Gasteiger partial charge in [-0.2, -0.15) is 0 Å². The number of carbonyl (C=O) groups excluding carboxylic acids is 2. The zero-order chi connectivity index (χ0) is 12.7. The summed E-state index contributed by atoms with van der Waals surface area (Å²) in [5.41, 5.74) is 0.651. The molecule has 0 aliphatic heterocycles. The molecule has 92 valence electrons. The van der Waals surface area contributed by atoms with E-state index in [4.69, 9.17) is 0 Å². The number of hydrogen-bond donors (Lipinski definition) is 1. The minimum absolute atomic E-state index is 0.0446. The van der Waals surface area contributed by atoms with Crippen LogP contribution in [0, 0.1) is 5.92 Å². The van der Waals surface area contributed by atoms with Gasteiger partial charge in [-0.15, -0.1) is 11.8 Å². The lowest BCUT2D eigenvalue weighted by Gasteiger charge is -2.07. The smallest absolute Gasteiger partial charge is 0.230 e. The molecule has 0 bridgehead atoms. The molecular weight excluding hydrogens is 234 g/mol. The number of nitrogens with one attached hydrogen (secondary N) is 1. The van der Waals surface area contributed by atoms with E-state index in [2.05, 4.69) is 19.2 Å². The molecule has 1 rings (SSSR count). The molecule has 4 heteroatoms. The van der Waals surface area contributed by atoms with Crippen LogP contribution in [0.15, 0.2) is 29.2 Å². The van der Waals surface area contributed by atoms with Gasteiger partial charge in [-0.1, -0.05) is 26.0 Å². The first-order valence-electron chi connectivity index (χ1n) is 5.56. The summed E-state index contributed by atoms with van der Waals surface area (Å²) in [6.07, 6.45) is 0.809. The average molecular weight is 251 g/mol. The predicted molar refractivity (Wildman–Crippen MR) is 70.4 cm³/mol. The van der Waals surface area contributed by atoms with Gasteiger partial charge in [0.1, 0.15) is 6.29 Å². The summed E-state index contributed by atoms with van der Waals surface area (Å²) in [5.74, 6) is 0.923. The van der Waals surface area contributed by atoms with Gasteiger partial charge >= 0.3 is 0 Å². The fourth-order valence-corrected chi connectivity index (χ4v) is 1.89. The Labute approximate surface area is 106 Å². The monoisotopic (exact) mass is 251 g/mol. The number of carbonyl (C=O) groups is 2. The van der Waals surface area contributed by atoms with E-state index in [9.17, 15) is 9.59 Å². The van der Waals surface area contributed by atoms with Gasteiger partial charge in [0, 0.05) is 17.0 Å². The number of benzene rings is 1. The molecule has 1 amide bonds. The van der Waals surface area contributed by atoms with Crippen LogP contribution in [0.25, 0.3) is 0 Å². The second-order valence-corrected chi connectivity index (χ2v) is 5.22. The summed E-state index contributed by atoms with van der Waals surface area (Å²) in [6.45, 7) is 4.83. The maximum Gasteiger partial charge on any atom is 0.230 e. The highest BCUT2D eigenvalue weighted by atomic mass is 32.2. The molecule has 0 aliphatic rings. The summed E-state index contributed by atoms with van der Waals surface area (Å²) < 4.78 is 0. The van der Waals surface area contributed by atoms with Crippen LogP contribution in [0.1, 0.15) is 24.2 Å². The first-order chi connectivity index (χ1) is 8.11. The van der Waals surface area contributed by atoms with Crippen molar-refractivity contribution >= 4 is 24.0 Å². The lowest BCUT2D eigenvalue weighted by Crippen LogP contribution is -2.28. The van der Waals surface area contributed by atoms with E-state index in [1.807, 2.05) is 12.1 Å². The number of thioether (sulfide) groups is 1. The molecule has 0 heterocycles. The Morgan fingerprint density at radius 3 is 2.53 bits per heavy atom. The third-order valence-corrected chi connectivity index (χ3v) is 3.11. The molecular formula is C13H17NO2S. The van der Waals surface area contributed by atoms with Crippen LogP contribution >= 0.6 is 11.8 Å². The van der Waals surface area contributed by atoms with Gasteiger partial charge in [-0.3, -0.25) is 9.59 Å². The van der Waals surface area contributed by atoms with E-state index in [0.29, 0.717) is 23.8 Å². The third kappa shape index (κ3) is 5.54. The first-order valence-corrected chi connectivity index (χ1v) is 6.55. The van der Waals surface area contributed by atoms with E-state index < -0.39 is 0 Å². The second-order valence-electron chi connectivity index (χ2n) is 4.17. The van der Waals surface area contributed by atoms with Gasteiger partial charge in [0.15, 0.2) is 0 Å². The molecule has 0 spiro atoms. The Balaban J connectivity index is 2.34. The lowest BCUT2D eigenvalue weighted by atomic mass is 10.2. The second kappa shape index (κ2) is 7.12. The van der Waals surface area contributed by atoms with Crippen LogP contribution in [-0.4, -0.2) is 24.5 Å². The van der Waals surface area contributed by atoms with Crippen LogP contribution in [0.5, 0.6) is 0 Å². The fraction of sp³-hybridized carbons (Fsp3) is 0.385. The predicted octanol–water partition coefficient (Wildman–Crippen LogP) is 2.36. The molecule has 17 heavy (non-hydrogen) atoms. The highest BCUT2D eigenvalue weighted by molar-refractivity contribution is 8.00. The standard InChI is InChI=1S/C13H17NO2S/c1-10(2)7-14-13(16)9-17-12-5-3-11(8-15)4-6-12/h3-6,8,10H,7,9H2,1-2H3,(H,14,16). The lowest BCUT2D eigenvalue weighted by molar-refractivity contribution is -0.118. The molecule has 0 atom stereocenters. The zero-order valence-corrected chi connectivity index (χ0v) is 10.9. The molecule has 1 aromatic rings. The van der Waals surface area contributed by atoms with Crippen molar-refractivity contribution in [3.63, 3.8) is 0 Å². The van der Waals surface area contributed by atoms with Gasteiger partial charge in [0.05, 0.1) is 5.75 Å². The number of amides is 1. The van der Waals surface area contributed by atoms with E-state index in [1.165, 1.54) is 11.8 Å². The Hall–Kier alpha value is -1.29. The van der Waals surface area contributed by atoms with Gasteiger partial charge in [-0.25, -0.2) is 0 Å². The van der Waals surface area contributed by atoms with E-state index in [-0.39, 0.29) is 5.91 Å². The largest absolute Gasteiger partial charge is 0.355 e. The number of aldehydes is 1. The molecule has 0 aliphatic carbocycles. The average Bonchev–Trinajstić information content (AvgIpc) is 2.34. The first kappa shape index (κ1) is 13.8. The van der Waals surface area contributed by atoms with Crippen LogP contribution in [0.3, 0.4) is 0 Å². The minimum atomic E-state index is 0.0446. The highest BCUT2D eigenvalue weighted by Crippen LogP contribution is 2.17. The fourth-order valence-electron chi connectivity index (χ4n) is 1.16. The molecule has 1 N–H and O–H groups in total. The van der Waals surface area contributed by atoms with Crippen LogP contribution in [0.4, 0.5) is 0 Å². The van der Waals surface area contributed by atoms with Crippen LogP contribution < -0.4 is 5.32 Å². The van der Waals surface area contributed by atoms with Crippen molar-refractivity contribution in [1.82, 2.24) is 5.32 Å². The van der Waals surface area contributed by atoms with Crippen LogP contribution in [-0.2, 0) is 4.79 Å². The molecule has 0 saturated carbocycles. The summed E-state index contributed by atoms with van der Waals surface area (Å²) in [6, 6.07) is 7.21. The normalized spacial score (nSPS) is 10.3. The van der Waals surface area contributed by atoms with E-state index in [0.717, 1.165) is 11.2 Å². The topological polar surface area (TPSA) is 46.2 Å². The Bertz CT molecular complexity index is 374. The summed E-state index contributed by atoms with van der Waals surface area (Å²) >= 11 is 1.47. The molecule has 0 unspecified atom stereocenters. The zero-order valence-electron chi connectivity index (χ0n) is 10.1. The number of hydrogen-bond acceptors (Lipinski definition) is 3. The Kier molecular flexibility index (Phi) is 5.77. The van der Waals surface area contributed by atoms with Crippen molar-refractivity contribution in [2.75, 3.05) is 12.3 Å². The van der Waals surface area contributed by atoms with Crippen molar-refractivity contribution in [2.24, 2.45) is 5.92 Å². The van der Waals surface area contributed by atoms with Gasteiger partial charge in [0.2, 0.25) is 5.91 Å². The van der Waals surface area contributed by atoms with E-state index in [1.54, 1.807) is 12.1 Å². The molecule has 1 aromatic carbocycles. The van der Waals surface area contributed by atoms with Crippen molar-refractivity contribution in [3.8, 4) is 0 Å². The Morgan fingerprint density at radius 2 is 2.00 bits per heavy atom. The molecule has 0 fully saturated rings. The highest BCUT2D eigenvalue weighted by Gasteiger charge is 2.03. The van der Waals surface area contributed by atoms with Crippen LogP contribution in [0.2, 0.25) is 0 Å². The van der Waals surface area contributed by atoms with E-state index >= 15 is 0 Å². The number of rotatable bonds is 6.